The monoisotopic (exact) mass is 521 g/mol. The molecule has 37 heavy (non-hydrogen) atoms. The van der Waals surface area contributed by atoms with Crippen molar-refractivity contribution in [3.8, 4) is 0 Å². The smallest absolute Gasteiger partial charge is 0.0757 e. The van der Waals surface area contributed by atoms with Crippen LogP contribution in [0.1, 0.15) is 64.3 Å². The lowest BCUT2D eigenvalue weighted by molar-refractivity contribution is -0.0304. The Bertz CT molecular complexity index is 966. The van der Waals surface area contributed by atoms with Crippen LogP contribution in [0.2, 0.25) is 19.6 Å². The summed E-state index contributed by atoms with van der Waals surface area (Å²) in [6.07, 6.45) is 7.38. The summed E-state index contributed by atoms with van der Waals surface area (Å²) in [4.78, 5) is 0. The second kappa shape index (κ2) is 12.9. The summed E-state index contributed by atoms with van der Waals surface area (Å²) >= 11 is 0. The third-order valence-corrected chi connectivity index (χ3v) is 10.6. The van der Waals surface area contributed by atoms with Gasteiger partial charge >= 0.3 is 0 Å². The van der Waals surface area contributed by atoms with Gasteiger partial charge in [-0.05, 0) is 48.6 Å². The largest absolute Gasteiger partial charge is 0.389 e. The van der Waals surface area contributed by atoms with Gasteiger partial charge in [-0.25, -0.2) is 0 Å². The Balaban J connectivity index is 1.59. The second-order valence-electron chi connectivity index (χ2n) is 12.6. The zero-order valence-corrected chi connectivity index (χ0v) is 24.3. The molecule has 0 amide bonds. The molecule has 2 aliphatic carbocycles. The fraction of sp³-hybridized carbons (Fsp3) is 0.576. The molecule has 1 N–H and O–H groups in total. The molecule has 0 heterocycles. The van der Waals surface area contributed by atoms with Crippen LogP contribution in [-0.4, -0.2) is 32.5 Å². The van der Waals surface area contributed by atoms with Gasteiger partial charge in [-0.3, -0.25) is 0 Å². The minimum Gasteiger partial charge on any atom is -0.389 e. The zero-order valence-electron chi connectivity index (χ0n) is 24.3. The maximum absolute atomic E-state index is 11.8. The van der Waals surface area contributed by atoms with Gasteiger partial charge in [-0.15, -0.1) is 0 Å². The van der Waals surface area contributed by atoms with Gasteiger partial charge in [-0.1, -0.05) is 117 Å². The summed E-state index contributed by atoms with van der Waals surface area (Å²) in [5.41, 5.74) is 3.54. The Labute approximate surface area is 227 Å². The summed E-state index contributed by atoms with van der Waals surface area (Å²) in [5.74, 6) is 0.527. The van der Waals surface area contributed by atoms with Crippen LogP contribution in [0.25, 0.3) is 0 Å². The van der Waals surface area contributed by atoms with E-state index < -0.39 is 8.07 Å². The molecule has 2 aliphatic rings. The summed E-state index contributed by atoms with van der Waals surface area (Å²) in [6.45, 7) is 9.86. The van der Waals surface area contributed by atoms with Crippen LogP contribution in [0.5, 0.6) is 0 Å². The van der Waals surface area contributed by atoms with Crippen LogP contribution < -0.4 is 0 Å². The van der Waals surface area contributed by atoms with Gasteiger partial charge in [0.15, 0.2) is 0 Å². The SMILES string of the molecule is [2H]C[C@H]1CC(COCc2ccccc2)(COCc2ccccc2)C/C1=C(/[C@@H](O)C1CCCCC1)[Si](C)(C)C. The predicted octanol–water partition coefficient (Wildman–Crippen LogP) is 7.95. The molecule has 0 saturated heterocycles. The molecule has 0 radical (unpaired) electrons. The number of hydrogen-bond acceptors (Lipinski definition) is 3. The van der Waals surface area contributed by atoms with Crippen molar-refractivity contribution in [1.29, 1.82) is 0 Å². The van der Waals surface area contributed by atoms with Gasteiger partial charge in [0.25, 0.3) is 0 Å². The molecule has 0 spiro atoms. The summed E-state index contributed by atoms with van der Waals surface area (Å²) in [6, 6.07) is 20.7. The molecule has 202 valence electrons. The van der Waals surface area contributed by atoms with Crippen LogP contribution in [0.15, 0.2) is 71.4 Å². The molecule has 4 heteroatoms. The normalized spacial score (nSPS) is 23.0. The molecule has 2 fully saturated rings. The van der Waals surface area contributed by atoms with Gasteiger partial charge in [0.05, 0.1) is 40.6 Å². The first-order chi connectivity index (χ1) is 18.3. The molecule has 0 aromatic heterocycles. The first-order valence-electron chi connectivity index (χ1n) is 15.0. The van der Waals surface area contributed by atoms with Crippen molar-refractivity contribution in [2.75, 3.05) is 13.2 Å². The molecule has 2 saturated carbocycles. The highest BCUT2D eigenvalue weighted by atomic mass is 28.3. The maximum atomic E-state index is 11.8. The summed E-state index contributed by atoms with van der Waals surface area (Å²) in [5, 5.41) is 13.1. The lowest BCUT2D eigenvalue weighted by atomic mass is 9.83. The Morgan fingerprint density at radius 3 is 1.95 bits per heavy atom. The molecule has 0 aliphatic heterocycles. The maximum Gasteiger partial charge on any atom is 0.0757 e. The van der Waals surface area contributed by atoms with E-state index in [1.165, 1.54) is 41.2 Å². The third-order valence-electron chi connectivity index (χ3n) is 8.32. The van der Waals surface area contributed by atoms with Crippen LogP contribution in [0, 0.1) is 17.3 Å². The highest BCUT2D eigenvalue weighted by molar-refractivity contribution is 6.83. The van der Waals surface area contributed by atoms with Crippen molar-refractivity contribution in [1.82, 2.24) is 0 Å². The van der Waals surface area contributed by atoms with E-state index in [0.717, 1.165) is 25.7 Å². The minimum absolute atomic E-state index is 0.163. The highest BCUT2D eigenvalue weighted by Gasteiger charge is 2.45. The molecule has 0 unspecified atom stereocenters. The van der Waals surface area contributed by atoms with Crippen LogP contribution >= 0.6 is 0 Å². The quantitative estimate of drug-likeness (QED) is 0.305. The Morgan fingerprint density at radius 2 is 1.46 bits per heavy atom. The number of aliphatic hydroxyl groups is 1. The molecular weight excluding hydrogens is 472 g/mol. The van der Waals surface area contributed by atoms with E-state index in [0.29, 0.717) is 39.2 Å². The average Bonchev–Trinajstić information content (AvgIpc) is 3.27. The Kier molecular flexibility index (Phi) is 9.36. The van der Waals surface area contributed by atoms with Crippen LogP contribution in [0.3, 0.4) is 0 Å². The lowest BCUT2D eigenvalue weighted by Crippen LogP contribution is -2.39. The molecule has 0 bridgehead atoms. The first kappa shape index (κ1) is 26.9. The van der Waals surface area contributed by atoms with E-state index in [4.69, 9.17) is 10.8 Å². The van der Waals surface area contributed by atoms with Crippen LogP contribution in [0.4, 0.5) is 0 Å². The molecule has 2 atom stereocenters. The molecule has 2 aromatic rings. The highest BCUT2D eigenvalue weighted by Crippen LogP contribution is 2.50. The number of allylic oxidation sites excluding steroid dienone is 1. The predicted molar refractivity (Wildman–Crippen MR) is 156 cm³/mol. The summed E-state index contributed by atoms with van der Waals surface area (Å²) in [7, 11) is -1.82. The van der Waals surface area contributed by atoms with Crippen molar-refractivity contribution >= 4 is 8.07 Å². The average molecular weight is 522 g/mol. The molecule has 2 aromatic carbocycles. The molecular formula is C33H48O3Si. The van der Waals surface area contributed by atoms with Gasteiger partial charge in [-0.2, -0.15) is 0 Å². The fourth-order valence-corrected chi connectivity index (χ4v) is 8.94. The van der Waals surface area contributed by atoms with Crippen molar-refractivity contribution in [3.05, 3.63) is 82.6 Å². The van der Waals surface area contributed by atoms with Crippen LogP contribution in [-0.2, 0) is 22.7 Å². The second-order valence-corrected chi connectivity index (χ2v) is 17.6. The van der Waals surface area contributed by atoms with E-state index in [1.807, 2.05) is 12.1 Å². The standard InChI is InChI=1S/C33H48O3Si/c1-26-20-33(24-35-22-27-14-8-5-9-15-27,25-36-23-28-16-10-6-11-17-28)21-30(26)32(37(2,3)4)31(34)29-18-12-7-13-19-29/h5-6,8-11,14-17,26,29,31,34H,7,12-13,18-25H2,1-4H3/b32-30+/t26-,31-/m0/s1/i1D. The van der Waals surface area contributed by atoms with Crippen molar-refractivity contribution in [2.24, 2.45) is 17.3 Å². The van der Waals surface area contributed by atoms with Gasteiger partial charge < -0.3 is 14.6 Å². The number of benzene rings is 2. The number of ether oxygens (including phenoxy) is 2. The number of aliphatic hydroxyl groups excluding tert-OH is 1. The van der Waals surface area contributed by atoms with E-state index in [-0.39, 0.29) is 17.4 Å². The zero-order chi connectivity index (χ0) is 27.0. The Morgan fingerprint density at radius 1 is 0.919 bits per heavy atom. The topological polar surface area (TPSA) is 38.7 Å². The third kappa shape index (κ3) is 7.66. The first-order valence-corrected chi connectivity index (χ1v) is 17.8. The van der Waals surface area contributed by atoms with E-state index >= 15 is 0 Å². The van der Waals surface area contributed by atoms with Crippen molar-refractivity contribution in [2.45, 2.75) is 90.8 Å². The van der Waals surface area contributed by atoms with E-state index in [1.54, 1.807) is 0 Å². The van der Waals surface area contributed by atoms with Gasteiger partial charge in [0, 0.05) is 6.79 Å². The number of hydrogen-bond donors (Lipinski definition) is 1. The minimum atomic E-state index is -1.82. The van der Waals surface area contributed by atoms with E-state index in [2.05, 4.69) is 68.2 Å². The molecule has 4 rings (SSSR count). The fourth-order valence-electron chi connectivity index (χ4n) is 6.56. The van der Waals surface area contributed by atoms with Gasteiger partial charge in [0.1, 0.15) is 0 Å². The van der Waals surface area contributed by atoms with Gasteiger partial charge in [0.2, 0.25) is 0 Å². The Hall–Kier alpha value is -1.72. The van der Waals surface area contributed by atoms with E-state index in [9.17, 15) is 5.11 Å². The summed E-state index contributed by atoms with van der Waals surface area (Å²) < 4.78 is 21.3. The molecule has 3 nitrogen and oxygen atoms in total. The van der Waals surface area contributed by atoms with Crippen molar-refractivity contribution < 1.29 is 16.0 Å². The number of rotatable bonds is 11. The van der Waals surface area contributed by atoms with Crippen molar-refractivity contribution in [3.63, 3.8) is 0 Å². The lowest BCUT2D eigenvalue weighted by Gasteiger charge is -2.36.